The number of nitrogens with zero attached hydrogens (tertiary/aromatic N) is 2. The van der Waals surface area contributed by atoms with Crippen LogP contribution in [0, 0.1) is 5.41 Å². The fraction of sp³-hybridized carbons (Fsp3) is 0.769. The molecule has 1 aromatic heterocycles. The van der Waals surface area contributed by atoms with E-state index < -0.39 is 10.0 Å². The van der Waals surface area contributed by atoms with Crippen LogP contribution in [0.1, 0.15) is 26.7 Å². The Balaban J connectivity index is 2.04. The van der Waals surface area contributed by atoms with Gasteiger partial charge in [-0.05, 0) is 12.8 Å². The van der Waals surface area contributed by atoms with Crippen molar-refractivity contribution in [3.8, 4) is 0 Å². The summed E-state index contributed by atoms with van der Waals surface area (Å²) in [6.07, 6.45) is 4.09. The summed E-state index contributed by atoms with van der Waals surface area (Å²) in [7, 11) is -1.94. The highest BCUT2D eigenvalue weighted by atomic mass is 32.2. The minimum absolute atomic E-state index is 0.0505. The third-order valence-electron chi connectivity index (χ3n) is 4.22. The van der Waals surface area contributed by atoms with Gasteiger partial charge in [0.15, 0.2) is 0 Å². The van der Waals surface area contributed by atoms with Gasteiger partial charge in [0.05, 0.1) is 12.3 Å². The van der Waals surface area contributed by atoms with Gasteiger partial charge in [0.25, 0.3) is 0 Å². The maximum atomic E-state index is 12.4. The fourth-order valence-electron chi connectivity index (χ4n) is 2.58. The summed E-state index contributed by atoms with van der Waals surface area (Å²) in [5, 5.41) is 12.8. The van der Waals surface area contributed by atoms with E-state index in [4.69, 9.17) is 9.84 Å². The first kappa shape index (κ1) is 16.4. The van der Waals surface area contributed by atoms with Crippen molar-refractivity contribution in [2.75, 3.05) is 13.7 Å². The normalized spacial score (nSPS) is 24.8. The number of aliphatic hydroxyl groups is 1. The molecule has 0 amide bonds. The maximum absolute atomic E-state index is 12.4. The molecule has 2 N–H and O–H groups in total. The number of aromatic nitrogens is 2. The lowest BCUT2D eigenvalue weighted by molar-refractivity contribution is -0.0908. The number of rotatable bonds is 7. The van der Waals surface area contributed by atoms with E-state index in [1.807, 2.05) is 13.8 Å². The van der Waals surface area contributed by atoms with Crippen molar-refractivity contribution in [1.29, 1.82) is 0 Å². The average molecular weight is 317 g/mol. The molecule has 0 spiro atoms. The zero-order valence-electron chi connectivity index (χ0n) is 12.6. The highest BCUT2D eigenvalue weighted by molar-refractivity contribution is 7.89. The molecule has 0 bridgehead atoms. The van der Waals surface area contributed by atoms with Gasteiger partial charge in [-0.1, -0.05) is 13.8 Å². The summed E-state index contributed by atoms with van der Waals surface area (Å²) in [5.74, 6) is 0. The average Bonchev–Trinajstić information content (AvgIpc) is 2.90. The summed E-state index contributed by atoms with van der Waals surface area (Å²) < 4.78 is 34.3. The topological polar surface area (TPSA) is 93.5 Å². The summed E-state index contributed by atoms with van der Waals surface area (Å²) in [6.45, 7) is 4.52. The smallest absolute Gasteiger partial charge is 0.243 e. The van der Waals surface area contributed by atoms with E-state index in [9.17, 15) is 8.42 Å². The Morgan fingerprint density at radius 2 is 2.29 bits per heavy atom. The fourth-order valence-corrected chi connectivity index (χ4v) is 3.94. The lowest BCUT2D eigenvalue weighted by Gasteiger charge is -2.50. The van der Waals surface area contributed by atoms with Gasteiger partial charge in [0, 0.05) is 37.9 Å². The van der Waals surface area contributed by atoms with Crippen LogP contribution in [-0.4, -0.2) is 49.2 Å². The summed E-state index contributed by atoms with van der Waals surface area (Å²) >= 11 is 0. The predicted molar refractivity (Wildman–Crippen MR) is 77.2 cm³/mol. The Morgan fingerprint density at radius 3 is 2.86 bits per heavy atom. The van der Waals surface area contributed by atoms with Crippen LogP contribution in [0.4, 0.5) is 0 Å². The standard InChI is InChI=1S/C13H23N3O4S/c1-13(2)11(7-12(13)20-3)15-21(18,19)10-8-14-16(9-10)5-4-6-17/h8-9,11-12,15,17H,4-7H2,1-3H3. The molecule has 1 fully saturated rings. The first-order chi connectivity index (χ1) is 9.81. The zero-order valence-corrected chi connectivity index (χ0v) is 13.4. The third-order valence-corrected chi connectivity index (χ3v) is 5.65. The molecular weight excluding hydrogens is 294 g/mol. The molecule has 2 atom stereocenters. The Labute approximate surface area is 125 Å². The first-order valence-corrected chi connectivity index (χ1v) is 8.48. The van der Waals surface area contributed by atoms with Gasteiger partial charge in [0.2, 0.25) is 10.0 Å². The highest BCUT2D eigenvalue weighted by Crippen LogP contribution is 2.42. The van der Waals surface area contributed by atoms with E-state index in [0.717, 1.165) is 0 Å². The van der Waals surface area contributed by atoms with Crippen molar-refractivity contribution >= 4 is 10.0 Å². The van der Waals surface area contributed by atoms with Crippen LogP contribution in [0.2, 0.25) is 0 Å². The maximum Gasteiger partial charge on any atom is 0.243 e. The number of aryl methyl sites for hydroxylation is 1. The van der Waals surface area contributed by atoms with Crippen LogP contribution < -0.4 is 4.72 Å². The van der Waals surface area contributed by atoms with Crippen molar-refractivity contribution in [3.63, 3.8) is 0 Å². The van der Waals surface area contributed by atoms with Crippen molar-refractivity contribution in [1.82, 2.24) is 14.5 Å². The molecule has 0 aliphatic heterocycles. The third kappa shape index (κ3) is 3.28. The predicted octanol–water partition coefficient (Wildman–Crippen LogP) is 0.357. The Morgan fingerprint density at radius 1 is 1.57 bits per heavy atom. The Bertz CT molecular complexity index is 582. The second-order valence-corrected chi connectivity index (χ2v) is 7.69. The number of sulfonamides is 1. The van der Waals surface area contributed by atoms with Crippen LogP contribution in [-0.2, 0) is 21.3 Å². The molecule has 1 aliphatic carbocycles. The molecule has 1 heterocycles. The molecule has 120 valence electrons. The minimum atomic E-state index is -3.58. The van der Waals surface area contributed by atoms with Gasteiger partial charge >= 0.3 is 0 Å². The molecular formula is C13H23N3O4S. The number of hydrogen-bond donors (Lipinski definition) is 2. The molecule has 0 aromatic carbocycles. The number of hydrogen-bond acceptors (Lipinski definition) is 5. The lowest BCUT2D eigenvalue weighted by Crippen LogP contribution is -2.61. The second-order valence-electron chi connectivity index (χ2n) is 5.97. The monoisotopic (exact) mass is 317 g/mol. The molecule has 0 radical (unpaired) electrons. The van der Waals surface area contributed by atoms with Crippen molar-refractivity contribution < 1.29 is 18.3 Å². The SMILES string of the molecule is COC1CC(NS(=O)(=O)c2cnn(CCCO)c2)C1(C)C. The van der Waals surface area contributed by atoms with Crippen LogP contribution in [0.15, 0.2) is 17.3 Å². The van der Waals surface area contributed by atoms with E-state index in [1.54, 1.807) is 7.11 Å². The van der Waals surface area contributed by atoms with Crippen molar-refractivity contribution in [3.05, 3.63) is 12.4 Å². The summed E-state index contributed by atoms with van der Waals surface area (Å²) in [4.78, 5) is 0.150. The quantitative estimate of drug-likeness (QED) is 0.757. The van der Waals surface area contributed by atoms with E-state index in [1.165, 1.54) is 17.1 Å². The molecule has 0 saturated heterocycles. The zero-order chi connectivity index (χ0) is 15.7. The van der Waals surface area contributed by atoms with Crippen LogP contribution in [0.25, 0.3) is 0 Å². The molecule has 7 nitrogen and oxygen atoms in total. The molecule has 8 heteroatoms. The van der Waals surface area contributed by atoms with Gasteiger partial charge in [-0.15, -0.1) is 0 Å². The number of ether oxygens (including phenoxy) is 1. The molecule has 21 heavy (non-hydrogen) atoms. The van der Waals surface area contributed by atoms with E-state index >= 15 is 0 Å². The van der Waals surface area contributed by atoms with E-state index in [-0.39, 0.29) is 29.1 Å². The molecule has 1 aliphatic rings. The second kappa shape index (κ2) is 6.04. The summed E-state index contributed by atoms with van der Waals surface area (Å²) in [5.41, 5.74) is -0.227. The largest absolute Gasteiger partial charge is 0.396 e. The van der Waals surface area contributed by atoms with Crippen molar-refractivity contribution in [2.24, 2.45) is 5.41 Å². The first-order valence-electron chi connectivity index (χ1n) is 6.99. The highest BCUT2D eigenvalue weighted by Gasteiger charge is 2.50. The molecule has 2 unspecified atom stereocenters. The van der Waals surface area contributed by atoms with Crippen LogP contribution in [0.3, 0.4) is 0 Å². The van der Waals surface area contributed by atoms with Gasteiger partial charge in [-0.3, -0.25) is 4.68 Å². The minimum Gasteiger partial charge on any atom is -0.396 e. The van der Waals surface area contributed by atoms with Crippen LogP contribution in [0.5, 0.6) is 0 Å². The Hall–Kier alpha value is -0.960. The molecule has 2 rings (SSSR count). The van der Waals surface area contributed by atoms with Crippen molar-refractivity contribution in [2.45, 2.75) is 50.3 Å². The summed E-state index contributed by atoms with van der Waals surface area (Å²) in [6, 6.07) is -0.145. The van der Waals surface area contributed by atoms with E-state index in [0.29, 0.717) is 19.4 Å². The number of methoxy groups -OCH3 is 1. The lowest BCUT2D eigenvalue weighted by atomic mass is 9.65. The van der Waals surface area contributed by atoms with Gasteiger partial charge in [-0.25, -0.2) is 13.1 Å². The number of aliphatic hydroxyl groups excluding tert-OH is 1. The van der Waals surface area contributed by atoms with Gasteiger partial charge in [-0.2, -0.15) is 5.10 Å². The molecule has 1 saturated carbocycles. The van der Waals surface area contributed by atoms with Crippen LogP contribution >= 0.6 is 0 Å². The van der Waals surface area contributed by atoms with E-state index in [2.05, 4.69) is 9.82 Å². The Kier molecular flexibility index (Phi) is 4.72. The van der Waals surface area contributed by atoms with Gasteiger partial charge < -0.3 is 9.84 Å². The van der Waals surface area contributed by atoms with Gasteiger partial charge in [0.1, 0.15) is 4.90 Å². The number of nitrogens with one attached hydrogen (secondary N) is 1. The molecule has 1 aromatic rings.